The lowest BCUT2D eigenvalue weighted by atomic mass is 10.2. The van der Waals surface area contributed by atoms with E-state index in [0.717, 1.165) is 44.8 Å². The van der Waals surface area contributed by atoms with Crippen LogP contribution in [-0.2, 0) is 6.54 Å². The Labute approximate surface area is 188 Å². The molecule has 0 aliphatic carbocycles. The molecule has 8 nitrogen and oxygen atoms in total. The quantitative estimate of drug-likeness (QED) is 0.695. The van der Waals surface area contributed by atoms with Gasteiger partial charge < -0.3 is 19.3 Å². The van der Waals surface area contributed by atoms with E-state index in [-0.39, 0.29) is 17.8 Å². The van der Waals surface area contributed by atoms with Gasteiger partial charge in [0, 0.05) is 64.6 Å². The van der Waals surface area contributed by atoms with E-state index in [1.165, 1.54) is 18.4 Å². The second kappa shape index (κ2) is 10.4. The molecule has 1 N–H and O–H groups in total. The number of aromatic nitrogens is 1. The highest BCUT2D eigenvalue weighted by Crippen LogP contribution is 2.18. The van der Waals surface area contributed by atoms with Crippen molar-refractivity contribution in [1.29, 1.82) is 0 Å². The lowest BCUT2D eigenvalue weighted by molar-refractivity contribution is 0.0658. The van der Waals surface area contributed by atoms with E-state index in [2.05, 4.69) is 19.7 Å². The number of nitrogens with zero attached hydrogens (tertiary/aromatic N) is 5. The summed E-state index contributed by atoms with van der Waals surface area (Å²) in [6.45, 7) is 9.43. The van der Waals surface area contributed by atoms with Crippen LogP contribution in [0.25, 0.3) is 0 Å². The maximum absolute atomic E-state index is 13.1. The number of carbonyl (C=O) groups excluding carboxylic acids is 1. The van der Waals surface area contributed by atoms with E-state index in [1.54, 1.807) is 17.0 Å². The minimum absolute atomic E-state index is 0.114. The minimum atomic E-state index is -0.264. The van der Waals surface area contributed by atoms with Crippen molar-refractivity contribution in [3.05, 3.63) is 47.9 Å². The molecule has 2 aliphatic heterocycles. The van der Waals surface area contributed by atoms with E-state index >= 15 is 0 Å². The monoisotopic (exact) mass is 445 g/mol. The second-order valence-electron chi connectivity index (χ2n) is 8.52. The van der Waals surface area contributed by atoms with Gasteiger partial charge in [0.1, 0.15) is 12.1 Å². The van der Waals surface area contributed by atoms with Gasteiger partial charge in [-0.1, -0.05) is 6.92 Å². The molecule has 2 saturated heterocycles. The van der Waals surface area contributed by atoms with Crippen molar-refractivity contribution < 1.29 is 18.7 Å². The van der Waals surface area contributed by atoms with E-state index < -0.39 is 0 Å². The maximum Gasteiger partial charge on any atom is 0.275 e. The minimum Gasteiger partial charge on any atom is -0.447 e. The number of oxazole rings is 1. The van der Waals surface area contributed by atoms with Crippen molar-refractivity contribution >= 4 is 11.6 Å². The molecular weight excluding hydrogens is 413 g/mol. The molecule has 0 unspecified atom stereocenters. The molecule has 9 heteroatoms. The van der Waals surface area contributed by atoms with Crippen molar-refractivity contribution in [3.8, 4) is 0 Å². The standard InChI is InChI=1S/C23H32FN5O3/c1-2-20(30)15-26-7-9-27(10-8-26)16-22-25-21(17-32-22)23(31)29-13-11-28(12-14-29)19-5-3-18(24)4-6-19/h3-6,17,20,30H,2,7-16H2,1H3/t20-/m1/s1. The number of aliphatic hydroxyl groups is 1. The summed E-state index contributed by atoms with van der Waals surface area (Å²) in [6, 6.07) is 6.45. The van der Waals surface area contributed by atoms with Gasteiger partial charge in [0.25, 0.3) is 5.91 Å². The highest BCUT2D eigenvalue weighted by Gasteiger charge is 2.26. The number of hydrogen-bond acceptors (Lipinski definition) is 7. The third kappa shape index (κ3) is 5.65. The number of hydrogen-bond donors (Lipinski definition) is 1. The Hall–Kier alpha value is -2.49. The van der Waals surface area contributed by atoms with Crippen LogP contribution in [0.4, 0.5) is 10.1 Å². The van der Waals surface area contributed by atoms with Gasteiger partial charge in [-0.15, -0.1) is 0 Å². The number of anilines is 1. The van der Waals surface area contributed by atoms with Crippen LogP contribution in [0.15, 0.2) is 34.9 Å². The average Bonchev–Trinajstić information content (AvgIpc) is 3.29. The first-order valence-corrected chi connectivity index (χ1v) is 11.4. The summed E-state index contributed by atoms with van der Waals surface area (Å²) in [5, 5.41) is 9.82. The molecule has 1 amide bonds. The van der Waals surface area contributed by atoms with Crippen LogP contribution in [0.1, 0.15) is 29.7 Å². The highest BCUT2D eigenvalue weighted by molar-refractivity contribution is 5.92. The van der Waals surface area contributed by atoms with Gasteiger partial charge in [-0.2, -0.15) is 0 Å². The molecule has 2 fully saturated rings. The molecule has 0 saturated carbocycles. The molecule has 0 spiro atoms. The first-order valence-electron chi connectivity index (χ1n) is 11.4. The van der Waals surface area contributed by atoms with Crippen LogP contribution in [0.3, 0.4) is 0 Å². The van der Waals surface area contributed by atoms with Gasteiger partial charge in [-0.25, -0.2) is 9.37 Å². The fraction of sp³-hybridized carbons (Fsp3) is 0.565. The van der Waals surface area contributed by atoms with E-state index in [0.29, 0.717) is 44.3 Å². The molecule has 0 bridgehead atoms. The first-order chi connectivity index (χ1) is 15.5. The summed E-state index contributed by atoms with van der Waals surface area (Å²) >= 11 is 0. The molecule has 4 rings (SSSR count). The lowest BCUT2D eigenvalue weighted by Gasteiger charge is -2.35. The van der Waals surface area contributed by atoms with Gasteiger partial charge >= 0.3 is 0 Å². The van der Waals surface area contributed by atoms with E-state index in [9.17, 15) is 14.3 Å². The van der Waals surface area contributed by atoms with Gasteiger partial charge in [-0.05, 0) is 30.7 Å². The summed E-state index contributed by atoms with van der Waals surface area (Å²) in [7, 11) is 0. The summed E-state index contributed by atoms with van der Waals surface area (Å²) in [4.78, 5) is 25.8. The van der Waals surface area contributed by atoms with Gasteiger partial charge in [-0.3, -0.25) is 14.6 Å². The zero-order valence-electron chi connectivity index (χ0n) is 18.6. The molecule has 2 aliphatic rings. The summed E-state index contributed by atoms with van der Waals surface area (Å²) in [5.74, 6) is 0.194. The largest absolute Gasteiger partial charge is 0.447 e. The molecule has 32 heavy (non-hydrogen) atoms. The van der Waals surface area contributed by atoms with Crippen molar-refractivity contribution in [2.24, 2.45) is 0 Å². The summed E-state index contributed by atoms with van der Waals surface area (Å²) in [5.41, 5.74) is 1.31. The molecular formula is C23H32FN5O3. The van der Waals surface area contributed by atoms with Crippen LogP contribution in [0.5, 0.6) is 0 Å². The predicted molar refractivity (Wildman–Crippen MR) is 119 cm³/mol. The van der Waals surface area contributed by atoms with Gasteiger partial charge in [0.2, 0.25) is 5.89 Å². The average molecular weight is 446 g/mol. The maximum atomic E-state index is 13.1. The SMILES string of the molecule is CC[C@@H](O)CN1CCN(Cc2nc(C(=O)N3CCN(c4ccc(F)cc4)CC3)co2)CC1. The van der Waals surface area contributed by atoms with Crippen LogP contribution >= 0.6 is 0 Å². The Morgan fingerprint density at radius 1 is 1.06 bits per heavy atom. The number of carbonyl (C=O) groups is 1. The second-order valence-corrected chi connectivity index (χ2v) is 8.52. The van der Waals surface area contributed by atoms with Crippen LogP contribution < -0.4 is 4.90 Å². The normalized spacial score (nSPS) is 19.3. The highest BCUT2D eigenvalue weighted by atomic mass is 19.1. The van der Waals surface area contributed by atoms with Crippen molar-refractivity contribution in [2.45, 2.75) is 26.0 Å². The lowest BCUT2D eigenvalue weighted by Crippen LogP contribution is -2.49. The van der Waals surface area contributed by atoms with Crippen molar-refractivity contribution in [1.82, 2.24) is 19.7 Å². The number of aliphatic hydroxyl groups excluding tert-OH is 1. The molecule has 0 radical (unpaired) electrons. The molecule has 1 aromatic carbocycles. The van der Waals surface area contributed by atoms with Crippen molar-refractivity contribution in [2.75, 3.05) is 63.8 Å². The molecule has 1 atom stereocenters. The number of rotatable bonds is 7. The first kappa shape index (κ1) is 22.7. The third-order valence-corrected chi connectivity index (χ3v) is 6.29. The molecule has 3 heterocycles. The van der Waals surface area contributed by atoms with E-state index in [1.807, 2.05) is 6.92 Å². The van der Waals surface area contributed by atoms with Crippen LogP contribution in [-0.4, -0.2) is 95.7 Å². The van der Waals surface area contributed by atoms with Crippen LogP contribution in [0, 0.1) is 5.82 Å². The van der Waals surface area contributed by atoms with Gasteiger partial charge in [0.05, 0.1) is 12.6 Å². The third-order valence-electron chi connectivity index (χ3n) is 6.29. The number of piperazine rings is 2. The number of benzene rings is 1. The molecule has 1 aromatic heterocycles. The Kier molecular flexibility index (Phi) is 7.39. The predicted octanol–water partition coefficient (Wildman–Crippen LogP) is 1.66. The van der Waals surface area contributed by atoms with Crippen molar-refractivity contribution in [3.63, 3.8) is 0 Å². The fourth-order valence-corrected chi connectivity index (χ4v) is 4.21. The topological polar surface area (TPSA) is 76.3 Å². The van der Waals surface area contributed by atoms with Crippen LogP contribution in [0.2, 0.25) is 0 Å². The Balaban J connectivity index is 1.24. The Morgan fingerprint density at radius 3 is 2.38 bits per heavy atom. The van der Waals surface area contributed by atoms with Gasteiger partial charge in [0.15, 0.2) is 5.69 Å². The number of β-amino-alcohol motifs (C(OH)–C–C–N with tert-alkyl or cyclic N) is 1. The zero-order valence-corrected chi connectivity index (χ0v) is 18.6. The van der Waals surface area contributed by atoms with E-state index in [4.69, 9.17) is 4.42 Å². The molecule has 174 valence electrons. The smallest absolute Gasteiger partial charge is 0.275 e. The Morgan fingerprint density at radius 2 is 1.72 bits per heavy atom. The number of halogens is 1. The fourth-order valence-electron chi connectivity index (χ4n) is 4.21. The zero-order chi connectivity index (χ0) is 22.5. The summed E-state index contributed by atoms with van der Waals surface area (Å²) < 4.78 is 18.7. The summed E-state index contributed by atoms with van der Waals surface area (Å²) in [6.07, 6.45) is 1.96. The number of amides is 1. The Bertz CT molecular complexity index is 874. The molecule has 2 aromatic rings.